The van der Waals surface area contributed by atoms with E-state index in [1.165, 1.54) is 0 Å². The molecule has 0 saturated heterocycles. The molecule has 73 heavy (non-hydrogen) atoms. The lowest BCUT2D eigenvalue weighted by Crippen LogP contribution is -2.47. The molecule has 5 amide bonds. The Hall–Kier alpha value is -5.06. The van der Waals surface area contributed by atoms with Gasteiger partial charge >= 0.3 is 12.1 Å². The number of nitrogens with one attached hydrogen (secondary N) is 5. The van der Waals surface area contributed by atoms with Crippen molar-refractivity contribution in [1.82, 2.24) is 26.6 Å². The molecule has 3 unspecified atom stereocenters. The molecule has 0 fully saturated rings. The number of amides is 5. The van der Waals surface area contributed by atoms with Gasteiger partial charge in [0, 0.05) is 31.8 Å². The Kier molecular flexibility index (Phi) is 33.6. The number of fused-ring (bicyclic) bond motifs is 3. The lowest BCUT2D eigenvalue weighted by molar-refractivity contribution is -0.142. The van der Waals surface area contributed by atoms with Crippen LogP contribution in [0.3, 0.4) is 0 Å². The Morgan fingerprint density at radius 3 is 1.22 bits per heavy atom. The fourth-order valence-electron chi connectivity index (χ4n) is 9.55. The van der Waals surface area contributed by atoms with Crippen molar-refractivity contribution in [3.63, 3.8) is 0 Å². The lowest BCUT2D eigenvalue weighted by atomic mass is 9.98. The van der Waals surface area contributed by atoms with E-state index in [0.717, 1.165) is 170 Å². The van der Waals surface area contributed by atoms with E-state index in [0.29, 0.717) is 71.2 Å². The summed E-state index contributed by atoms with van der Waals surface area (Å²) in [6, 6.07) is 14.3. The van der Waals surface area contributed by atoms with Crippen LogP contribution in [0.5, 0.6) is 0 Å². The molecule has 1 aliphatic rings. The lowest BCUT2D eigenvalue weighted by Gasteiger charge is -2.20. The minimum atomic E-state index is -1.00. The van der Waals surface area contributed by atoms with Gasteiger partial charge in [0.1, 0.15) is 24.7 Å². The monoisotopic (exact) mass is 1020 g/mol. The van der Waals surface area contributed by atoms with E-state index >= 15 is 0 Å². The number of benzene rings is 2. The zero-order valence-corrected chi connectivity index (χ0v) is 44.2. The average Bonchev–Trinajstić information content (AvgIpc) is 3.70. The molecule has 0 saturated carbocycles. The molecular weight excluding hydrogens is 925 g/mol. The molecule has 1 aliphatic carbocycles. The molecule has 0 aliphatic heterocycles. The number of alkyl carbamates (subject to hydrolysis) is 1. The molecule has 0 heterocycles. The molecule has 0 bridgehead atoms. The SMILES string of the molecule is NCCCCC(NC(=O)CCCCCCCCCCCNC(=O)C(CCCCN)NC(=O)CCCCCCCCCCCNC(=O)C(CCCCN)NC(=O)OCC1c2ccccc2-c2ccccc21)C(=O)O. The number of hydrogen-bond acceptors (Lipinski definition) is 10. The Labute approximate surface area is 437 Å². The Morgan fingerprint density at radius 2 is 0.808 bits per heavy atom. The van der Waals surface area contributed by atoms with Gasteiger partial charge in [0.2, 0.25) is 23.6 Å². The molecular formula is C57H94N8O8. The standard InChI is InChI=1S/C57H94N8O8/c58-38-24-21-33-49(54(68)61-41-27-13-9-5-2-4-8-12-16-37-53(67)64-51(56(70)71)35-23-26-40-60)63-52(66)36-15-11-7-3-1-6-10-14-28-42-62-55(69)50(34-22-25-39-59)65-57(72)73-43-48-46-31-19-17-29-44(46)45-30-18-20-32-47(45)48/h17-20,29-32,48-51H,1-16,21-28,33-43,58-60H2,(H,61,68)(H,62,69)(H,63,66)(H,64,67)(H,65,72)(H,70,71). The molecule has 16 nitrogen and oxygen atoms in total. The number of ether oxygens (including phenoxy) is 1. The molecule has 410 valence electrons. The van der Waals surface area contributed by atoms with Gasteiger partial charge in [-0.1, -0.05) is 138 Å². The van der Waals surface area contributed by atoms with Crippen LogP contribution in [0.4, 0.5) is 4.79 Å². The topological polar surface area (TPSA) is 270 Å². The number of aliphatic carboxylic acids is 1. The zero-order valence-electron chi connectivity index (χ0n) is 44.2. The minimum absolute atomic E-state index is 0.0580. The van der Waals surface area contributed by atoms with Gasteiger partial charge in [-0.25, -0.2) is 9.59 Å². The summed E-state index contributed by atoms with van der Waals surface area (Å²) in [5.74, 6) is -1.68. The number of carbonyl (C=O) groups is 6. The molecule has 0 spiro atoms. The van der Waals surface area contributed by atoms with Gasteiger partial charge in [-0.05, 0) is 125 Å². The van der Waals surface area contributed by atoms with Crippen LogP contribution in [-0.2, 0) is 28.7 Å². The Morgan fingerprint density at radius 1 is 0.452 bits per heavy atom. The highest BCUT2D eigenvalue weighted by atomic mass is 16.5. The third-order valence-corrected chi connectivity index (χ3v) is 13.8. The first-order chi connectivity index (χ1) is 35.6. The molecule has 3 atom stereocenters. The molecule has 2 aromatic rings. The van der Waals surface area contributed by atoms with Crippen LogP contribution in [0.25, 0.3) is 11.1 Å². The number of carbonyl (C=O) groups excluding carboxylic acids is 5. The summed E-state index contributed by atoms with van der Waals surface area (Å²) in [5, 5.41) is 23.8. The number of nitrogens with two attached hydrogens (primary N) is 3. The van der Waals surface area contributed by atoms with Gasteiger partial charge in [0.15, 0.2) is 0 Å². The zero-order chi connectivity index (χ0) is 52.7. The van der Waals surface area contributed by atoms with E-state index in [2.05, 4.69) is 50.8 Å². The van der Waals surface area contributed by atoms with E-state index in [1.54, 1.807) is 0 Å². The molecule has 3 rings (SSSR count). The highest BCUT2D eigenvalue weighted by Gasteiger charge is 2.30. The number of unbranched alkanes of at least 4 members (excludes halogenated alkanes) is 19. The number of carboxylic acid groups (broad SMARTS) is 1. The molecule has 0 aromatic heterocycles. The van der Waals surface area contributed by atoms with E-state index in [-0.39, 0.29) is 36.2 Å². The molecule has 2 aromatic carbocycles. The van der Waals surface area contributed by atoms with Crippen LogP contribution in [0.15, 0.2) is 48.5 Å². The summed E-state index contributed by atoms with van der Waals surface area (Å²) in [5.41, 5.74) is 21.5. The highest BCUT2D eigenvalue weighted by Crippen LogP contribution is 2.44. The second-order valence-electron chi connectivity index (χ2n) is 19.9. The van der Waals surface area contributed by atoms with Crippen LogP contribution in [0, 0.1) is 0 Å². The van der Waals surface area contributed by atoms with Crippen molar-refractivity contribution < 1.29 is 38.6 Å². The van der Waals surface area contributed by atoms with Gasteiger partial charge in [0.05, 0.1) is 0 Å². The van der Waals surface area contributed by atoms with Crippen molar-refractivity contribution in [1.29, 1.82) is 0 Å². The molecule has 12 N–H and O–H groups in total. The number of rotatable bonds is 44. The largest absolute Gasteiger partial charge is 0.480 e. The highest BCUT2D eigenvalue weighted by molar-refractivity contribution is 5.88. The summed E-state index contributed by atoms with van der Waals surface area (Å²) in [6.07, 6.45) is 24.2. The van der Waals surface area contributed by atoms with E-state index < -0.39 is 30.2 Å². The van der Waals surface area contributed by atoms with Gasteiger partial charge in [-0.3, -0.25) is 19.2 Å². The van der Waals surface area contributed by atoms with Crippen molar-refractivity contribution in [2.75, 3.05) is 39.3 Å². The van der Waals surface area contributed by atoms with Crippen LogP contribution >= 0.6 is 0 Å². The first kappa shape index (κ1) is 62.2. The first-order valence-corrected chi connectivity index (χ1v) is 28.2. The summed E-state index contributed by atoms with van der Waals surface area (Å²) in [7, 11) is 0. The normalized spacial score (nSPS) is 13.0. The second-order valence-corrected chi connectivity index (χ2v) is 19.9. The van der Waals surface area contributed by atoms with E-state index in [1.807, 2.05) is 24.3 Å². The second kappa shape index (κ2) is 39.4. The third-order valence-electron chi connectivity index (χ3n) is 13.8. The maximum atomic E-state index is 13.2. The summed E-state index contributed by atoms with van der Waals surface area (Å²) in [4.78, 5) is 75.7. The van der Waals surface area contributed by atoms with Gasteiger partial charge < -0.3 is 53.6 Å². The van der Waals surface area contributed by atoms with Crippen molar-refractivity contribution >= 4 is 35.7 Å². The van der Waals surface area contributed by atoms with Crippen LogP contribution in [0.2, 0.25) is 0 Å². The molecule has 0 radical (unpaired) electrons. The third kappa shape index (κ3) is 26.6. The van der Waals surface area contributed by atoms with Gasteiger partial charge in [-0.2, -0.15) is 0 Å². The summed E-state index contributed by atoms with van der Waals surface area (Å²) < 4.78 is 5.73. The van der Waals surface area contributed by atoms with Gasteiger partial charge in [0.25, 0.3) is 0 Å². The smallest absolute Gasteiger partial charge is 0.407 e. The fourth-order valence-corrected chi connectivity index (χ4v) is 9.55. The maximum Gasteiger partial charge on any atom is 0.407 e. The summed E-state index contributed by atoms with van der Waals surface area (Å²) >= 11 is 0. The Balaban J connectivity index is 1.18. The maximum absolute atomic E-state index is 13.2. The van der Waals surface area contributed by atoms with Crippen LogP contribution in [0.1, 0.15) is 203 Å². The Bertz CT molecular complexity index is 1840. The average molecular weight is 1020 g/mol. The number of carboxylic acids is 1. The van der Waals surface area contributed by atoms with Crippen molar-refractivity contribution in [3.8, 4) is 11.1 Å². The number of hydrogen-bond donors (Lipinski definition) is 9. The van der Waals surface area contributed by atoms with E-state index in [9.17, 15) is 33.9 Å². The van der Waals surface area contributed by atoms with Crippen molar-refractivity contribution in [2.45, 2.75) is 210 Å². The minimum Gasteiger partial charge on any atom is -0.480 e. The summed E-state index contributed by atoms with van der Waals surface area (Å²) in [6.45, 7) is 2.90. The quantitative estimate of drug-likeness (QED) is 0.0285. The fraction of sp³-hybridized carbons (Fsp3) is 0.684. The predicted molar refractivity (Wildman–Crippen MR) is 291 cm³/mol. The van der Waals surface area contributed by atoms with Gasteiger partial charge in [-0.15, -0.1) is 0 Å². The van der Waals surface area contributed by atoms with Crippen LogP contribution < -0.4 is 43.8 Å². The first-order valence-electron chi connectivity index (χ1n) is 28.2. The van der Waals surface area contributed by atoms with Crippen molar-refractivity contribution in [2.24, 2.45) is 17.2 Å². The predicted octanol–water partition coefficient (Wildman–Crippen LogP) is 8.37. The van der Waals surface area contributed by atoms with Crippen LogP contribution in [-0.4, -0.2) is 98.3 Å². The van der Waals surface area contributed by atoms with E-state index in [4.69, 9.17) is 21.9 Å². The molecule has 16 heteroatoms. The van der Waals surface area contributed by atoms with Crippen molar-refractivity contribution in [3.05, 3.63) is 59.7 Å².